The van der Waals surface area contributed by atoms with Crippen LogP contribution in [0.15, 0.2) is 66.7 Å². The van der Waals surface area contributed by atoms with Gasteiger partial charge in [-0.1, -0.05) is 36.4 Å². The van der Waals surface area contributed by atoms with Gasteiger partial charge in [0.05, 0.1) is 0 Å². The zero-order chi connectivity index (χ0) is 18.7. The highest BCUT2D eigenvalue weighted by molar-refractivity contribution is 5.63. The van der Waals surface area contributed by atoms with E-state index in [4.69, 9.17) is 0 Å². The molecular formula is C19H17F3N4. The number of rotatable bonds is 4. The highest BCUT2D eigenvalue weighted by Crippen LogP contribution is 2.33. The van der Waals surface area contributed by atoms with Crippen LogP contribution in [0.25, 0.3) is 0 Å². The largest absolute Gasteiger partial charge is 0.433 e. The maximum absolute atomic E-state index is 13.4. The molecule has 0 saturated carbocycles. The van der Waals surface area contributed by atoms with Gasteiger partial charge >= 0.3 is 6.18 Å². The van der Waals surface area contributed by atoms with E-state index in [0.717, 1.165) is 11.8 Å². The van der Waals surface area contributed by atoms with Crippen LogP contribution >= 0.6 is 0 Å². The number of anilines is 4. The van der Waals surface area contributed by atoms with Gasteiger partial charge in [0.1, 0.15) is 5.82 Å². The highest BCUT2D eigenvalue weighted by atomic mass is 19.4. The lowest BCUT2D eigenvalue weighted by molar-refractivity contribution is -0.141. The SMILES string of the molecule is CN(c1ccccc1)c1cc(C(F)(F)F)nc(N(C)c2ccccc2)n1. The van der Waals surface area contributed by atoms with Gasteiger partial charge in [-0.15, -0.1) is 0 Å². The molecule has 134 valence electrons. The first-order valence-electron chi connectivity index (χ1n) is 7.90. The molecular weight excluding hydrogens is 341 g/mol. The van der Waals surface area contributed by atoms with Crippen LogP contribution in [0, 0.1) is 0 Å². The predicted molar refractivity (Wildman–Crippen MR) is 96.0 cm³/mol. The minimum Gasteiger partial charge on any atom is -0.329 e. The highest BCUT2D eigenvalue weighted by Gasteiger charge is 2.34. The van der Waals surface area contributed by atoms with E-state index in [-0.39, 0.29) is 11.8 Å². The Kier molecular flexibility index (Phi) is 4.79. The third-order valence-electron chi connectivity index (χ3n) is 3.92. The fourth-order valence-corrected chi connectivity index (χ4v) is 2.44. The molecule has 0 unspecified atom stereocenters. The van der Waals surface area contributed by atoms with E-state index in [9.17, 15) is 13.2 Å². The molecule has 0 amide bonds. The molecule has 3 aromatic rings. The van der Waals surface area contributed by atoms with Crippen molar-refractivity contribution in [2.24, 2.45) is 0 Å². The Labute approximate surface area is 149 Å². The van der Waals surface area contributed by atoms with Crippen LogP contribution in [0.4, 0.5) is 36.3 Å². The molecule has 4 nitrogen and oxygen atoms in total. The molecule has 0 aliphatic heterocycles. The van der Waals surface area contributed by atoms with E-state index in [1.807, 2.05) is 24.3 Å². The molecule has 0 atom stereocenters. The van der Waals surface area contributed by atoms with Gasteiger partial charge in [0.25, 0.3) is 0 Å². The molecule has 0 spiro atoms. The number of para-hydroxylation sites is 2. The summed E-state index contributed by atoms with van der Waals surface area (Å²) in [7, 11) is 3.31. The average Bonchev–Trinajstić information content (AvgIpc) is 2.67. The zero-order valence-corrected chi connectivity index (χ0v) is 14.3. The van der Waals surface area contributed by atoms with Crippen LogP contribution in [0.3, 0.4) is 0 Å². The van der Waals surface area contributed by atoms with Gasteiger partial charge in [0.2, 0.25) is 5.95 Å². The lowest BCUT2D eigenvalue weighted by atomic mass is 10.3. The quantitative estimate of drug-likeness (QED) is 0.655. The van der Waals surface area contributed by atoms with E-state index in [1.54, 1.807) is 55.4 Å². The molecule has 0 fully saturated rings. The summed E-state index contributed by atoms with van der Waals surface area (Å²) < 4.78 is 40.1. The summed E-state index contributed by atoms with van der Waals surface area (Å²) in [6.07, 6.45) is -4.57. The number of hydrogen-bond donors (Lipinski definition) is 0. The van der Waals surface area contributed by atoms with Crippen LogP contribution in [-0.2, 0) is 6.18 Å². The number of alkyl halides is 3. The average molecular weight is 358 g/mol. The minimum atomic E-state index is -4.57. The van der Waals surface area contributed by atoms with Gasteiger partial charge in [0.15, 0.2) is 5.69 Å². The Hall–Kier alpha value is -3.09. The van der Waals surface area contributed by atoms with Gasteiger partial charge in [-0.3, -0.25) is 0 Å². The normalized spacial score (nSPS) is 11.3. The molecule has 0 radical (unpaired) electrons. The van der Waals surface area contributed by atoms with Crippen molar-refractivity contribution >= 4 is 23.1 Å². The van der Waals surface area contributed by atoms with Crippen LogP contribution < -0.4 is 9.80 Å². The molecule has 26 heavy (non-hydrogen) atoms. The Balaban J connectivity index is 2.08. The fraction of sp³-hybridized carbons (Fsp3) is 0.158. The first-order chi connectivity index (χ1) is 12.4. The summed E-state index contributed by atoms with van der Waals surface area (Å²) in [5.41, 5.74) is 0.441. The molecule has 0 saturated heterocycles. The van der Waals surface area contributed by atoms with Gasteiger partial charge in [-0.05, 0) is 24.3 Å². The Morgan fingerprint density at radius 3 is 1.73 bits per heavy atom. The van der Waals surface area contributed by atoms with Crippen molar-refractivity contribution in [1.82, 2.24) is 9.97 Å². The second-order valence-corrected chi connectivity index (χ2v) is 5.70. The number of halogens is 3. The van der Waals surface area contributed by atoms with Crippen molar-refractivity contribution in [3.8, 4) is 0 Å². The summed E-state index contributed by atoms with van der Waals surface area (Å²) in [4.78, 5) is 11.2. The van der Waals surface area contributed by atoms with Gasteiger partial charge < -0.3 is 9.80 Å². The van der Waals surface area contributed by atoms with Gasteiger partial charge in [-0.2, -0.15) is 18.2 Å². The predicted octanol–water partition coefficient (Wildman–Crippen LogP) is 5.03. The minimum absolute atomic E-state index is 0.0243. The summed E-state index contributed by atoms with van der Waals surface area (Å²) >= 11 is 0. The number of hydrogen-bond acceptors (Lipinski definition) is 4. The fourth-order valence-electron chi connectivity index (χ4n) is 2.44. The van der Waals surface area contributed by atoms with Crippen LogP contribution in [0.1, 0.15) is 5.69 Å². The topological polar surface area (TPSA) is 32.3 Å². The number of benzene rings is 2. The number of nitrogens with zero attached hydrogens (tertiary/aromatic N) is 4. The number of aromatic nitrogens is 2. The molecule has 7 heteroatoms. The second-order valence-electron chi connectivity index (χ2n) is 5.70. The van der Waals surface area contributed by atoms with Crippen molar-refractivity contribution < 1.29 is 13.2 Å². The molecule has 2 aromatic carbocycles. The van der Waals surface area contributed by atoms with Crippen LogP contribution in [-0.4, -0.2) is 24.1 Å². The van der Waals surface area contributed by atoms with E-state index >= 15 is 0 Å². The van der Waals surface area contributed by atoms with Gasteiger partial charge in [0, 0.05) is 31.5 Å². The summed E-state index contributed by atoms with van der Waals surface area (Å²) in [5, 5.41) is 0. The van der Waals surface area contributed by atoms with Crippen LogP contribution in [0.5, 0.6) is 0 Å². The van der Waals surface area contributed by atoms with Crippen molar-refractivity contribution in [1.29, 1.82) is 0 Å². The van der Waals surface area contributed by atoms with E-state index in [2.05, 4.69) is 9.97 Å². The van der Waals surface area contributed by atoms with Crippen molar-refractivity contribution in [3.63, 3.8) is 0 Å². The molecule has 1 heterocycles. The summed E-state index contributed by atoms with van der Waals surface area (Å²) in [6, 6.07) is 19.0. The summed E-state index contributed by atoms with van der Waals surface area (Å²) in [5.74, 6) is 0.139. The molecule has 0 N–H and O–H groups in total. The van der Waals surface area contributed by atoms with E-state index in [0.29, 0.717) is 5.69 Å². The van der Waals surface area contributed by atoms with E-state index < -0.39 is 11.9 Å². The molecule has 0 aliphatic carbocycles. The molecule has 1 aromatic heterocycles. The van der Waals surface area contributed by atoms with Crippen molar-refractivity contribution in [3.05, 3.63) is 72.4 Å². The van der Waals surface area contributed by atoms with Crippen LogP contribution in [0.2, 0.25) is 0 Å². The molecule has 3 rings (SSSR count). The third-order valence-corrected chi connectivity index (χ3v) is 3.92. The summed E-state index contributed by atoms with van der Waals surface area (Å²) in [6.45, 7) is 0. The standard InChI is InChI=1S/C19H17F3N4/c1-25(14-9-5-3-6-10-14)17-13-16(19(20,21)22)23-18(24-17)26(2)15-11-7-4-8-12-15/h3-13H,1-2H3. The maximum Gasteiger partial charge on any atom is 0.433 e. The maximum atomic E-state index is 13.4. The van der Waals surface area contributed by atoms with Crippen molar-refractivity contribution in [2.75, 3.05) is 23.9 Å². The first kappa shape index (κ1) is 17.7. The lowest BCUT2D eigenvalue weighted by Crippen LogP contribution is -2.20. The molecule has 0 bridgehead atoms. The Morgan fingerprint density at radius 1 is 0.731 bits per heavy atom. The first-order valence-corrected chi connectivity index (χ1v) is 7.90. The Bertz CT molecular complexity index is 803. The van der Waals surface area contributed by atoms with Crippen molar-refractivity contribution in [2.45, 2.75) is 6.18 Å². The van der Waals surface area contributed by atoms with Gasteiger partial charge in [-0.25, -0.2) is 4.98 Å². The smallest absolute Gasteiger partial charge is 0.329 e. The van der Waals surface area contributed by atoms with E-state index in [1.165, 1.54) is 4.90 Å². The Morgan fingerprint density at radius 2 is 1.23 bits per heavy atom. The second kappa shape index (κ2) is 7.03. The third kappa shape index (κ3) is 3.77. The molecule has 0 aliphatic rings. The zero-order valence-electron chi connectivity index (χ0n) is 14.3. The lowest BCUT2D eigenvalue weighted by Gasteiger charge is -2.23. The monoisotopic (exact) mass is 358 g/mol.